The van der Waals surface area contributed by atoms with E-state index >= 15 is 0 Å². The first kappa shape index (κ1) is 13.8. The van der Waals surface area contributed by atoms with Crippen LogP contribution < -0.4 is 5.43 Å². The van der Waals surface area contributed by atoms with Crippen molar-refractivity contribution in [1.29, 1.82) is 0 Å². The predicted octanol–water partition coefficient (Wildman–Crippen LogP) is 2.26. The van der Waals surface area contributed by atoms with Crippen LogP contribution in [0.3, 0.4) is 0 Å². The molecule has 21 heavy (non-hydrogen) atoms. The molecule has 0 saturated heterocycles. The Morgan fingerprint density at radius 2 is 2.00 bits per heavy atom. The molecular formula is C13H11N5OS2. The van der Waals surface area contributed by atoms with Gasteiger partial charge in [0, 0.05) is 10.9 Å². The molecule has 0 bridgehead atoms. The maximum absolute atomic E-state index is 11.7. The van der Waals surface area contributed by atoms with Crippen LogP contribution in [0.25, 0.3) is 11.3 Å². The first-order chi connectivity index (χ1) is 10.3. The zero-order valence-corrected chi connectivity index (χ0v) is 12.5. The Kier molecular flexibility index (Phi) is 4.27. The van der Waals surface area contributed by atoms with Gasteiger partial charge in [-0.2, -0.15) is 0 Å². The summed E-state index contributed by atoms with van der Waals surface area (Å²) in [6.07, 6.45) is 2.86. The third-order valence-corrected chi connectivity index (χ3v) is 4.57. The van der Waals surface area contributed by atoms with Gasteiger partial charge in [-0.25, -0.2) is 9.66 Å². The Bertz CT molecular complexity index is 711. The molecule has 0 aliphatic carbocycles. The Hall–Kier alpha value is -2.19. The second kappa shape index (κ2) is 6.51. The highest BCUT2D eigenvalue weighted by atomic mass is 32.2. The number of carbonyl (C=O) groups excluding carboxylic acids is 1. The topological polar surface area (TPSA) is 72.7 Å². The number of hydrogen-bond donors (Lipinski definition) is 1. The molecule has 0 aliphatic rings. The first-order valence-corrected chi connectivity index (χ1v) is 7.96. The molecule has 2 aromatic heterocycles. The molecule has 0 unspecified atom stereocenters. The second-order valence-corrected chi connectivity index (χ2v) is 6.14. The minimum absolute atomic E-state index is 0.128. The van der Waals surface area contributed by atoms with Crippen molar-refractivity contribution in [2.45, 2.75) is 4.34 Å². The van der Waals surface area contributed by atoms with Gasteiger partial charge in [-0.3, -0.25) is 10.2 Å². The number of thiazole rings is 1. The van der Waals surface area contributed by atoms with E-state index in [1.165, 1.54) is 40.4 Å². The predicted molar refractivity (Wildman–Crippen MR) is 82.7 cm³/mol. The van der Waals surface area contributed by atoms with Gasteiger partial charge in [0.2, 0.25) is 5.91 Å². The highest BCUT2D eigenvalue weighted by Crippen LogP contribution is 2.27. The molecule has 0 saturated carbocycles. The highest BCUT2D eigenvalue weighted by Gasteiger charge is 2.08. The number of amides is 1. The summed E-state index contributed by atoms with van der Waals surface area (Å²) in [6.45, 7) is 0. The van der Waals surface area contributed by atoms with E-state index in [9.17, 15) is 4.79 Å². The molecule has 2 heterocycles. The van der Waals surface area contributed by atoms with Crippen LogP contribution in [-0.2, 0) is 4.79 Å². The standard InChI is InChI=1S/C13H11N5OS2/c19-12(17-18-8-14-15-9-18)7-21-13-16-11(6-20-13)10-4-2-1-3-5-10/h1-6,8-9H,7H2,(H,17,19). The Balaban J connectivity index is 1.56. The fraction of sp³-hybridized carbons (Fsp3) is 0.0769. The molecule has 6 nitrogen and oxygen atoms in total. The van der Waals surface area contributed by atoms with Crippen molar-refractivity contribution in [3.05, 3.63) is 48.4 Å². The van der Waals surface area contributed by atoms with Crippen molar-refractivity contribution in [3.8, 4) is 11.3 Å². The number of carbonyl (C=O) groups is 1. The van der Waals surface area contributed by atoms with Gasteiger partial charge in [0.25, 0.3) is 0 Å². The van der Waals surface area contributed by atoms with Gasteiger partial charge in [-0.15, -0.1) is 21.5 Å². The lowest BCUT2D eigenvalue weighted by Crippen LogP contribution is -2.23. The summed E-state index contributed by atoms with van der Waals surface area (Å²) in [6, 6.07) is 9.97. The quantitative estimate of drug-likeness (QED) is 0.731. The molecule has 1 N–H and O–H groups in total. The van der Waals surface area contributed by atoms with Crippen LogP contribution in [0.2, 0.25) is 0 Å². The molecular weight excluding hydrogens is 306 g/mol. The molecule has 0 fully saturated rings. The smallest absolute Gasteiger partial charge is 0.249 e. The highest BCUT2D eigenvalue weighted by molar-refractivity contribution is 8.01. The average molecular weight is 317 g/mol. The molecule has 0 aliphatic heterocycles. The van der Waals surface area contributed by atoms with E-state index in [0.717, 1.165) is 15.6 Å². The summed E-state index contributed by atoms with van der Waals surface area (Å²) >= 11 is 2.94. The van der Waals surface area contributed by atoms with Crippen molar-refractivity contribution in [2.75, 3.05) is 11.2 Å². The van der Waals surface area contributed by atoms with Crippen molar-refractivity contribution in [1.82, 2.24) is 19.9 Å². The normalized spacial score (nSPS) is 10.5. The summed E-state index contributed by atoms with van der Waals surface area (Å²) in [5, 5.41) is 9.22. The maximum Gasteiger partial charge on any atom is 0.249 e. The monoisotopic (exact) mass is 317 g/mol. The van der Waals surface area contributed by atoms with Gasteiger partial charge in [-0.1, -0.05) is 42.1 Å². The Morgan fingerprint density at radius 1 is 1.24 bits per heavy atom. The average Bonchev–Trinajstić information content (AvgIpc) is 3.17. The van der Waals surface area contributed by atoms with E-state index < -0.39 is 0 Å². The van der Waals surface area contributed by atoms with Crippen LogP contribution in [-0.4, -0.2) is 31.5 Å². The van der Waals surface area contributed by atoms with Crippen molar-refractivity contribution in [2.24, 2.45) is 0 Å². The Labute approximate surface area is 129 Å². The van der Waals surface area contributed by atoms with Gasteiger partial charge < -0.3 is 0 Å². The first-order valence-electron chi connectivity index (χ1n) is 6.09. The third kappa shape index (κ3) is 3.67. The van der Waals surface area contributed by atoms with E-state index in [0.29, 0.717) is 5.75 Å². The van der Waals surface area contributed by atoms with Gasteiger partial charge >= 0.3 is 0 Å². The van der Waals surface area contributed by atoms with Gasteiger partial charge in [0.1, 0.15) is 12.7 Å². The summed E-state index contributed by atoms with van der Waals surface area (Å²) < 4.78 is 2.29. The fourth-order valence-electron chi connectivity index (χ4n) is 1.63. The number of hydrogen-bond acceptors (Lipinski definition) is 6. The summed E-state index contributed by atoms with van der Waals surface area (Å²) in [5.41, 5.74) is 4.65. The lowest BCUT2D eigenvalue weighted by molar-refractivity contribution is -0.114. The zero-order valence-electron chi connectivity index (χ0n) is 10.8. The molecule has 1 amide bonds. The van der Waals surface area contributed by atoms with Crippen LogP contribution in [0.4, 0.5) is 0 Å². The molecule has 3 rings (SSSR count). The van der Waals surface area contributed by atoms with Gasteiger partial charge in [0.05, 0.1) is 11.4 Å². The summed E-state index contributed by atoms with van der Waals surface area (Å²) in [4.78, 5) is 16.2. The summed E-state index contributed by atoms with van der Waals surface area (Å²) in [7, 11) is 0. The second-order valence-electron chi connectivity index (χ2n) is 4.06. The number of rotatable bonds is 5. The van der Waals surface area contributed by atoms with E-state index in [1.807, 2.05) is 35.7 Å². The molecule has 0 atom stereocenters. The minimum Gasteiger partial charge on any atom is -0.272 e. The number of benzene rings is 1. The molecule has 106 valence electrons. The number of nitrogens with one attached hydrogen (secondary N) is 1. The van der Waals surface area contributed by atoms with Crippen molar-refractivity contribution in [3.63, 3.8) is 0 Å². The van der Waals surface area contributed by atoms with E-state index in [1.54, 1.807) is 0 Å². The summed E-state index contributed by atoms with van der Waals surface area (Å²) in [5.74, 6) is 0.163. The van der Waals surface area contributed by atoms with Crippen LogP contribution >= 0.6 is 23.1 Å². The van der Waals surface area contributed by atoms with Gasteiger partial charge in [0.15, 0.2) is 4.34 Å². The number of aromatic nitrogens is 4. The van der Waals surface area contributed by atoms with Gasteiger partial charge in [-0.05, 0) is 0 Å². The largest absolute Gasteiger partial charge is 0.272 e. The van der Waals surface area contributed by atoms with E-state index in [-0.39, 0.29) is 5.91 Å². The molecule has 0 radical (unpaired) electrons. The number of thioether (sulfide) groups is 1. The maximum atomic E-state index is 11.7. The molecule has 1 aromatic carbocycles. The van der Waals surface area contributed by atoms with Crippen LogP contribution in [0.5, 0.6) is 0 Å². The van der Waals surface area contributed by atoms with Crippen LogP contribution in [0.1, 0.15) is 0 Å². The molecule has 0 spiro atoms. The van der Waals surface area contributed by atoms with Crippen LogP contribution in [0, 0.1) is 0 Å². The lowest BCUT2D eigenvalue weighted by atomic mass is 10.2. The zero-order chi connectivity index (χ0) is 14.5. The fourth-order valence-corrected chi connectivity index (χ4v) is 3.25. The third-order valence-electron chi connectivity index (χ3n) is 2.55. The van der Waals surface area contributed by atoms with E-state index in [4.69, 9.17) is 0 Å². The molecule has 3 aromatic rings. The van der Waals surface area contributed by atoms with Crippen molar-refractivity contribution < 1.29 is 4.79 Å². The SMILES string of the molecule is O=C(CSc1nc(-c2ccccc2)cs1)Nn1cnnc1. The Morgan fingerprint density at radius 3 is 2.76 bits per heavy atom. The number of nitrogens with zero attached hydrogens (tertiary/aromatic N) is 4. The van der Waals surface area contributed by atoms with E-state index in [2.05, 4.69) is 20.6 Å². The van der Waals surface area contributed by atoms with Crippen LogP contribution in [0.15, 0.2) is 52.7 Å². The minimum atomic E-state index is -0.128. The lowest BCUT2D eigenvalue weighted by Gasteiger charge is -2.02. The molecule has 8 heteroatoms. The van der Waals surface area contributed by atoms with Crippen molar-refractivity contribution >= 4 is 29.0 Å².